The minimum atomic E-state index is -3.59. The van der Waals surface area contributed by atoms with Gasteiger partial charge in [0, 0.05) is 0 Å². The second-order valence-corrected chi connectivity index (χ2v) is 4.86. The molecule has 0 spiro atoms. The van der Waals surface area contributed by atoms with Gasteiger partial charge in [-0.15, -0.1) is 6.58 Å². The van der Waals surface area contributed by atoms with Gasteiger partial charge in [-0.3, -0.25) is 9.59 Å². The zero-order valence-electron chi connectivity index (χ0n) is 11.5. The summed E-state index contributed by atoms with van der Waals surface area (Å²) < 4.78 is 39.3. The summed E-state index contributed by atoms with van der Waals surface area (Å²) in [7, 11) is 0. The summed E-state index contributed by atoms with van der Waals surface area (Å²) >= 11 is 0. The van der Waals surface area contributed by atoms with Crippen molar-refractivity contribution in [3.05, 3.63) is 48.3 Å². The van der Waals surface area contributed by atoms with Crippen LogP contribution in [-0.4, -0.2) is 28.6 Å². The van der Waals surface area contributed by atoms with E-state index >= 15 is 0 Å². The number of hydrogen-bond acceptors (Lipinski definition) is 2. The van der Waals surface area contributed by atoms with Gasteiger partial charge in [0.1, 0.15) is 5.82 Å². The smallest absolute Gasteiger partial charge is 0.327 e. The Kier molecular flexibility index (Phi) is 5.73. The Morgan fingerprint density at radius 3 is 2.05 bits per heavy atom. The van der Waals surface area contributed by atoms with Crippen molar-refractivity contribution in [2.75, 3.05) is 0 Å². The minimum absolute atomic E-state index is 0.0840. The van der Waals surface area contributed by atoms with Crippen LogP contribution < -0.4 is 0 Å². The molecule has 120 valence electrons. The average molecular weight is 316 g/mol. The monoisotopic (exact) mass is 316 g/mol. The average Bonchev–Trinajstić information content (AvgIpc) is 2.43. The van der Waals surface area contributed by atoms with Crippen LogP contribution in [0.5, 0.6) is 0 Å². The Balaban J connectivity index is 3.25. The highest BCUT2D eigenvalue weighted by molar-refractivity contribution is 5.98. The Morgan fingerprint density at radius 1 is 1.18 bits per heavy atom. The van der Waals surface area contributed by atoms with Gasteiger partial charge in [-0.05, 0) is 36.5 Å². The van der Waals surface area contributed by atoms with Crippen molar-refractivity contribution in [2.45, 2.75) is 25.2 Å². The number of allylic oxidation sites excluding steroid dienone is 1. The van der Waals surface area contributed by atoms with E-state index in [1.54, 1.807) is 0 Å². The fourth-order valence-electron chi connectivity index (χ4n) is 2.20. The number of benzene rings is 1. The van der Waals surface area contributed by atoms with Crippen LogP contribution in [0, 0.1) is 11.2 Å². The zero-order valence-corrected chi connectivity index (χ0v) is 11.5. The number of hydrogen-bond donors (Lipinski definition) is 2. The molecule has 1 rings (SSSR count). The number of halogens is 3. The van der Waals surface area contributed by atoms with E-state index in [-0.39, 0.29) is 6.42 Å². The first kappa shape index (κ1) is 17.7. The van der Waals surface area contributed by atoms with E-state index < -0.39 is 41.9 Å². The van der Waals surface area contributed by atoms with Gasteiger partial charge in [-0.2, -0.15) is 0 Å². The lowest BCUT2D eigenvalue weighted by Crippen LogP contribution is -2.46. The Morgan fingerprint density at radius 2 is 1.68 bits per heavy atom. The molecule has 0 aromatic heterocycles. The number of carboxylic acid groups (broad SMARTS) is 2. The van der Waals surface area contributed by atoms with E-state index in [1.807, 2.05) is 0 Å². The molecule has 0 aliphatic heterocycles. The molecule has 0 radical (unpaired) electrons. The Bertz CT molecular complexity index is 540. The SMILES string of the molecule is C=CCC(CC(C(=O)O)(C(=O)O)C(F)F)c1ccc(F)cc1. The molecule has 7 heteroatoms. The Labute approximate surface area is 124 Å². The Hall–Kier alpha value is -2.31. The van der Waals surface area contributed by atoms with Crippen LogP contribution in [0.2, 0.25) is 0 Å². The third-order valence-corrected chi connectivity index (χ3v) is 3.50. The first-order valence-electron chi connectivity index (χ1n) is 6.37. The summed E-state index contributed by atoms with van der Waals surface area (Å²) in [5.41, 5.74) is -2.85. The molecule has 0 bridgehead atoms. The molecule has 0 aliphatic rings. The molecule has 0 heterocycles. The van der Waals surface area contributed by atoms with Gasteiger partial charge in [0.15, 0.2) is 0 Å². The van der Waals surface area contributed by atoms with Crippen LogP contribution >= 0.6 is 0 Å². The molecule has 1 atom stereocenters. The highest BCUT2D eigenvalue weighted by Gasteiger charge is 2.56. The number of alkyl halides is 2. The summed E-state index contributed by atoms with van der Waals surface area (Å²) in [6.07, 6.45) is -2.96. The highest BCUT2D eigenvalue weighted by Crippen LogP contribution is 2.39. The van der Waals surface area contributed by atoms with Crippen molar-refractivity contribution in [2.24, 2.45) is 5.41 Å². The van der Waals surface area contributed by atoms with E-state index in [0.717, 1.165) is 12.1 Å². The minimum Gasteiger partial charge on any atom is -0.480 e. The lowest BCUT2D eigenvalue weighted by Gasteiger charge is -2.28. The quantitative estimate of drug-likeness (QED) is 0.570. The molecule has 0 aliphatic carbocycles. The van der Waals surface area contributed by atoms with E-state index in [2.05, 4.69) is 6.58 Å². The molecule has 2 N–H and O–H groups in total. The lowest BCUT2D eigenvalue weighted by molar-refractivity contribution is -0.178. The van der Waals surface area contributed by atoms with Gasteiger partial charge in [0.2, 0.25) is 5.41 Å². The van der Waals surface area contributed by atoms with Gasteiger partial charge in [-0.1, -0.05) is 18.2 Å². The van der Waals surface area contributed by atoms with Gasteiger partial charge in [0.05, 0.1) is 0 Å². The van der Waals surface area contributed by atoms with Crippen molar-refractivity contribution in [3.63, 3.8) is 0 Å². The fraction of sp³-hybridized carbons (Fsp3) is 0.333. The summed E-state index contributed by atoms with van der Waals surface area (Å²) in [6.45, 7) is 3.45. The standard InChI is InChI=1S/C15H15F3O4/c1-2-3-10(9-4-6-11(16)7-5-9)8-15(12(17)18,13(19)20)14(21)22/h2,4-7,10,12H,1,3,8H2,(H,19,20)(H,21,22). The molecular weight excluding hydrogens is 301 g/mol. The van der Waals surface area contributed by atoms with Crippen molar-refractivity contribution >= 4 is 11.9 Å². The summed E-state index contributed by atoms with van der Waals surface area (Å²) in [5.74, 6) is -5.59. The van der Waals surface area contributed by atoms with Crippen LogP contribution in [-0.2, 0) is 9.59 Å². The highest BCUT2D eigenvalue weighted by atomic mass is 19.3. The van der Waals surface area contributed by atoms with E-state index in [9.17, 15) is 22.8 Å². The maximum Gasteiger partial charge on any atom is 0.327 e. The topological polar surface area (TPSA) is 74.6 Å². The fourth-order valence-corrected chi connectivity index (χ4v) is 2.20. The van der Waals surface area contributed by atoms with E-state index in [1.165, 1.54) is 18.2 Å². The molecule has 22 heavy (non-hydrogen) atoms. The maximum atomic E-state index is 13.2. The first-order chi connectivity index (χ1) is 10.3. The van der Waals surface area contributed by atoms with E-state index in [0.29, 0.717) is 5.56 Å². The van der Waals surface area contributed by atoms with Crippen LogP contribution in [0.4, 0.5) is 13.2 Å². The molecule has 1 aromatic carbocycles. The molecule has 4 nitrogen and oxygen atoms in total. The summed E-state index contributed by atoms with van der Waals surface area (Å²) in [6, 6.07) is 4.81. The van der Waals surface area contributed by atoms with Crippen LogP contribution in [0.1, 0.15) is 24.3 Å². The van der Waals surface area contributed by atoms with Crippen LogP contribution in [0.3, 0.4) is 0 Å². The second kappa shape index (κ2) is 7.11. The molecule has 0 amide bonds. The zero-order chi connectivity index (χ0) is 16.9. The van der Waals surface area contributed by atoms with Gasteiger partial charge in [0.25, 0.3) is 6.43 Å². The molecule has 0 saturated heterocycles. The van der Waals surface area contributed by atoms with E-state index in [4.69, 9.17) is 10.2 Å². The number of carbonyl (C=O) groups is 2. The van der Waals surface area contributed by atoms with Gasteiger partial charge in [-0.25, -0.2) is 13.2 Å². The summed E-state index contributed by atoms with van der Waals surface area (Å²) in [5, 5.41) is 18.1. The van der Waals surface area contributed by atoms with Crippen LogP contribution in [0.25, 0.3) is 0 Å². The number of aliphatic carboxylic acids is 2. The first-order valence-corrected chi connectivity index (χ1v) is 6.37. The predicted molar refractivity (Wildman–Crippen MR) is 72.3 cm³/mol. The normalized spacial score (nSPS) is 12.9. The molecule has 0 fully saturated rings. The third kappa shape index (κ3) is 3.47. The number of rotatable bonds is 8. The lowest BCUT2D eigenvalue weighted by atomic mass is 9.76. The molecule has 1 aromatic rings. The van der Waals surface area contributed by atoms with Crippen molar-refractivity contribution < 1.29 is 33.0 Å². The van der Waals surface area contributed by atoms with Crippen molar-refractivity contribution in [1.29, 1.82) is 0 Å². The number of carboxylic acids is 2. The molecular formula is C15H15F3O4. The maximum absolute atomic E-state index is 13.2. The van der Waals surface area contributed by atoms with Crippen molar-refractivity contribution in [1.82, 2.24) is 0 Å². The summed E-state index contributed by atoms with van der Waals surface area (Å²) in [4.78, 5) is 22.4. The molecule has 1 unspecified atom stereocenters. The van der Waals surface area contributed by atoms with Crippen molar-refractivity contribution in [3.8, 4) is 0 Å². The predicted octanol–water partition coefficient (Wildman–Crippen LogP) is 3.30. The second-order valence-electron chi connectivity index (χ2n) is 4.86. The van der Waals surface area contributed by atoms with Crippen LogP contribution in [0.15, 0.2) is 36.9 Å². The molecule has 0 saturated carbocycles. The third-order valence-electron chi connectivity index (χ3n) is 3.50. The van der Waals surface area contributed by atoms with Gasteiger partial charge < -0.3 is 10.2 Å². The van der Waals surface area contributed by atoms with Gasteiger partial charge >= 0.3 is 11.9 Å². The largest absolute Gasteiger partial charge is 0.480 e.